The number of carbonyl (C=O) groups excluding carboxylic acids is 4. The van der Waals surface area contributed by atoms with E-state index in [0.29, 0.717) is 0 Å². The molecule has 1 aromatic rings. The highest BCUT2D eigenvalue weighted by Crippen LogP contribution is 2.17. The predicted molar refractivity (Wildman–Crippen MR) is 123 cm³/mol. The largest absolute Gasteiger partial charge is 0.444 e. The van der Waals surface area contributed by atoms with Crippen molar-refractivity contribution in [2.45, 2.75) is 85.5 Å². The molecule has 0 fully saturated rings. The second kappa shape index (κ2) is 11.1. The van der Waals surface area contributed by atoms with Gasteiger partial charge in [-0.1, -0.05) is 0 Å². The summed E-state index contributed by atoms with van der Waals surface area (Å²) in [4.78, 5) is 54.4. The summed E-state index contributed by atoms with van der Waals surface area (Å²) in [5.74, 6) is -0.620. The molecule has 0 saturated carbocycles. The fourth-order valence-electron chi connectivity index (χ4n) is 2.44. The van der Waals surface area contributed by atoms with E-state index in [1.807, 2.05) is 0 Å². The molecular formula is C22H35N5O7. The normalized spacial score (nSPS) is 12.6. The number of imide groups is 1. The Hall–Kier alpha value is -3.44. The Kier molecular flexibility index (Phi) is 9.35. The first-order valence-corrected chi connectivity index (χ1v) is 10.7. The van der Waals surface area contributed by atoms with E-state index in [4.69, 9.17) is 14.2 Å². The second-order valence-corrected chi connectivity index (χ2v) is 10.3. The number of alkyl carbamates (subject to hydrolysis) is 1. The molecule has 0 bridgehead atoms. The Morgan fingerprint density at radius 1 is 0.971 bits per heavy atom. The molecule has 190 valence electrons. The Bertz CT molecular complexity index is 904. The van der Waals surface area contributed by atoms with Crippen molar-refractivity contribution in [3.05, 3.63) is 18.5 Å². The number of hydrogen-bond donors (Lipinski definition) is 1. The summed E-state index contributed by atoms with van der Waals surface area (Å²) >= 11 is 0. The van der Waals surface area contributed by atoms with Gasteiger partial charge in [-0.15, -0.1) is 4.99 Å². The van der Waals surface area contributed by atoms with Crippen LogP contribution in [0, 0.1) is 0 Å². The SMILES string of the molecule is CC(C)(C)OC(=O)N=C(OC(=O)N(C(=O)CCNC(=O)OC(C)(C)C)C(C)(C)C)n1cccn1. The number of aliphatic imine (C=N–C) groups is 1. The van der Waals surface area contributed by atoms with E-state index in [2.05, 4.69) is 15.4 Å². The van der Waals surface area contributed by atoms with Crippen LogP contribution in [0.5, 0.6) is 0 Å². The molecule has 0 saturated heterocycles. The first-order chi connectivity index (χ1) is 15.4. The lowest BCUT2D eigenvalue weighted by Gasteiger charge is -2.32. The van der Waals surface area contributed by atoms with Gasteiger partial charge in [0.2, 0.25) is 5.91 Å². The van der Waals surface area contributed by atoms with Crippen LogP contribution in [0.4, 0.5) is 14.4 Å². The van der Waals surface area contributed by atoms with Crippen LogP contribution >= 0.6 is 0 Å². The highest BCUT2D eigenvalue weighted by atomic mass is 16.6. The minimum absolute atomic E-state index is 0.0639. The zero-order valence-electron chi connectivity index (χ0n) is 21.3. The second-order valence-electron chi connectivity index (χ2n) is 10.3. The van der Waals surface area contributed by atoms with Gasteiger partial charge >= 0.3 is 24.3 Å². The molecule has 0 unspecified atom stereocenters. The van der Waals surface area contributed by atoms with Crippen molar-refractivity contribution in [3.8, 4) is 0 Å². The lowest BCUT2D eigenvalue weighted by molar-refractivity contribution is -0.132. The number of amides is 4. The van der Waals surface area contributed by atoms with Crippen molar-refractivity contribution < 1.29 is 33.4 Å². The van der Waals surface area contributed by atoms with Gasteiger partial charge in [0.25, 0.3) is 0 Å². The molecule has 1 rings (SSSR count). The minimum atomic E-state index is -1.08. The van der Waals surface area contributed by atoms with Crippen molar-refractivity contribution in [2.24, 2.45) is 4.99 Å². The van der Waals surface area contributed by atoms with Gasteiger partial charge in [-0.25, -0.2) is 19.3 Å². The van der Waals surface area contributed by atoms with Gasteiger partial charge in [0.05, 0.1) is 0 Å². The van der Waals surface area contributed by atoms with Crippen LogP contribution < -0.4 is 5.32 Å². The maximum Gasteiger partial charge on any atom is 0.438 e. The molecule has 1 aromatic heterocycles. The van der Waals surface area contributed by atoms with Crippen LogP contribution in [0.25, 0.3) is 0 Å². The molecule has 4 amide bonds. The number of ether oxygens (including phenoxy) is 3. The zero-order chi connectivity index (χ0) is 26.3. The van der Waals surface area contributed by atoms with Crippen LogP contribution in [0.1, 0.15) is 68.7 Å². The van der Waals surface area contributed by atoms with Gasteiger partial charge < -0.3 is 19.5 Å². The Morgan fingerprint density at radius 3 is 2.03 bits per heavy atom. The quantitative estimate of drug-likeness (QED) is 0.391. The summed E-state index contributed by atoms with van der Waals surface area (Å²) in [5, 5.41) is 6.39. The lowest BCUT2D eigenvalue weighted by atomic mass is 10.1. The van der Waals surface area contributed by atoms with Gasteiger partial charge in [-0.05, 0) is 68.4 Å². The van der Waals surface area contributed by atoms with Crippen LogP contribution in [0.3, 0.4) is 0 Å². The molecule has 0 spiro atoms. The molecule has 0 aliphatic rings. The smallest absolute Gasteiger partial charge is 0.438 e. The third kappa shape index (κ3) is 10.5. The molecule has 0 atom stereocenters. The maximum atomic E-state index is 13.0. The first kappa shape index (κ1) is 28.6. The summed E-state index contributed by atoms with van der Waals surface area (Å²) < 4.78 is 16.6. The fourth-order valence-corrected chi connectivity index (χ4v) is 2.44. The summed E-state index contributed by atoms with van der Waals surface area (Å²) in [6, 6.07) is 1.05. The third-order valence-electron chi connectivity index (χ3n) is 3.57. The number of hydrogen-bond acceptors (Lipinski definition) is 8. The van der Waals surface area contributed by atoms with E-state index in [-0.39, 0.29) is 13.0 Å². The third-order valence-corrected chi connectivity index (χ3v) is 3.57. The Labute approximate surface area is 199 Å². The van der Waals surface area contributed by atoms with Crippen molar-refractivity contribution in [2.75, 3.05) is 6.54 Å². The zero-order valence-corrected chi connectivity index (χ0v) is 21.3. The number of nitrogens with one attached hydrogen (secondary N) is 1. The van der Waals surface area contributed by atoms with Crippen molar-refractivity contribution in [3.63, 3.8) is 0 Å². The highest BCUT2D eigenvalue weighted by molar-refractivity contribution is 5.99. The first-order valence-electron chi connectivity index (χ1n) is 10.7. The Balaban J connectivity index is 3.00. The average Bonchev–Trinajstić information content (AvgIpc) is 3.11. The molecule has 12 heteroatoms. The highest BCUT2D eigenvalue weighted by Gasteiger charge is 2.35. The molecular weight excluding hydrogens is 446 g/mol. The topological polar surface area (TPSA) is 141 Å². The van der Waals surface area contributed by atoms with Gasteiger partial charge in [-0.2, -0.15) is 9.78 Å². The van der Waals surface area contributed by atoms with Gasteiger partial charge in [-0.3, -0.25) is 4.79 Å². The maximum absolute atomic E-state index is 13.0. The molecule has 0 aliphatic carbocycles. The van der Waals surface area contributed by atoms with Crippen molar-refractivity contribution >= 4 is 30.2 Å². The molecule has 1 N–H and O–H groups in total. The van der Waals surface area contributed by atoms with E-state index in [1.165, 1.54) is 18.5 Å². The number of rotatable bonds is 3. The summed E-state index contributed by atoms with van der Waals surface area (Å²) in [6.07, 6.45) is -0.159. The molecule has 0 radical (unpaired) electrons. The van der Waals surface area contributed by atoms with Gasteiger partial charge in [0.15, 0.2) is 0 Å². The summed E-state index contributed by atoms with van der Waals surface area (Å²) in [5.41, 5.74) is -2.50. The number of aromatic nitrogens is 2. The van der Waals surface area contributed by atoms with Crippen LogP contribution in [-0.2, 0) is 19.0 Å². The molecule has 1 heterocycles. The standard InChI is InChI=1S/C22H35N5O7/c1-20(2,3)27(15(28)11-13-23-17(29)33-21(4,5)6)19(31)32-16(26-14-10-12-24-26)25-18(30)34-22(7,8)9/h10,12,14H,11,13H2,1-9H3,(H,23,29). The predicted octanol–water partition coefficient (Wildman–Crippen LogP) is 3.70. The molecule has 0 aromatic carbocycles. The lowest BCUT2D eigenvalue weighted by Crippen LogP contribution is -2.51. The van der Waals surface area contributed by atoms with Crippen molar-refractivity contribution in [1.29, 1.82) is 0 Å². The number of carbonyl (C=O) groups is 4. The average molecular weight is 482 g/mol. The Morgan fingerprint density at radius 2 is 1.56 bits per heavy atom. The van der Waals surface area contributed by atoms with E-state index < -0.39 is 46.9 Å². The minimum Gasteiger partial charge on any atom is -0.444 e. The summed E-state index contributed by atoms with van der Waals surface area (Å²) in [6.45, 7) is 14.9. The van der Waals surface area contributed by atoms with E-state index in [9.17, 15) is 19.2 Å². The van der Waals surface area contributed by atoms with E-state index in [0.717, 1.165) is 9.58 Å². The molecule has 12 nitrogen and oxygen atoms in total. The number of nitrogens with zero attached hydrogens (tertiary/aromatic N) is 4. The van der Waals surface area contributed by atoms with Gasteiger partial charge in [0.1, 0.15) is 11.2 Å². The van der Waals surface area contributed by atoms with Crippen LogP contribution in [0.2, 0.25) is 0 Å². The van der Waals surface area contributed by atoms with E-state index in [1.54, 1.807) is 62.3 Å². The van der Waals surface area contributed by atoms with Crippen LogP contribution in [-0.4, -0.2) is 68.2 Å². The summed E-state index contributed by atoms with van der Waals surface area (Å²) in [7, 11) is 0. The molecule has 0 aliphatic heterocycles. The van der Waals surface area contributed by atoms with E-state index >= 15 is 0 Å². The fraction of sp³-hybridized carbons (Fsp3) is 0.636. The van der Waals surface area contributed by atoms with Crippen molar-refractivity contribution in [1.82, 2.24) is 20.0 Å². The molecule has 34 heavy (non-hydrogen) atoms. The van der Waals surface area contributed by atoms with Gasteiger partial charge in [0, 0.05) is 30.9 Å². The van der Waals surface area contributed by atoms with Crippen LogP contribution in [0.15, 0.2) is 23.5 Å². The monoisotopic (exact) mass is 481 g/mol.